The second kappa shape index (κ2) is 10.3. The molecule has 0 amide bonds. The zero-order valence-corrected chi connectivity index (χ0v) is 16.7. The van der Waals surface area contributed by atoms with E-state index in [9.17, 15) is 9.59 Å². The lowest BCUT2D eigenvalue weighted by Gasteiger charge is -2.28. The average molecular weight is 399 g/mol. The van der Waals surface area contributed by atoms with E-state index in [2.05, 4.69) is 30.1 Å². The molecule has 154 valence electrons. The van der Waals surface area contributed by atoms with Crippen LogP contribution in [0.25, 0.3) is 11.1 Å². The number of carboxylic acid groups (broad SMARTS) is 2. The largest absolute Gasteiger partial charge is 0.496 e. The molecular weight excluding hydrogens is 374 g/mol. The number of ether oxygens (including phenoxy) is 2. The summed E-state index contributed by atoms with van der Waals surface area (Å²) in [5.74, 6) is -0.717. The van der Waals surface area contributed by atoms with Crippen molar-refractivity contribution in [1.29, 1.82) is 0 Å². The second-order valence-electron chi connectivity index (χ2n) is 6.48. The number of fused-ring (bicyclic) bond motifs is 1. The van der Waals surface area contributed by atoms with Gasteiger partial charge in [-0.2, -0.15) is 0 Å². The van der Waals surface area contributed by atoms with E-state index in [1.165, 1.54) is 16.7 Å². The van der Waals surface area contributed by atoms with Gasteiger partial charge in [0.05, 0.1) is 14.2 Å². The van der Waals surface area contributed by atoms with E-state index in [1.54, 1.807) is 14.2 Å². The number of hydrogen-bond acceptors (Lipinski definition) is 5. The van der Waals surface area contributed by atoms with Crippen LogP contribution < -0.4 is 9.47 Å². The van der Waals surface area contributed by atoms with E-state index in [0.29, 0.717) is 12.2 Å². The van der Waals surface area contributed by atoms with Crippen LogP contribution in [-0.4, -0.2) is 54.9 Å². The summed E-state index contributed by atoms with van der Waals surface area (Å²) >= 11 is 0. The molecule has 0 fully saturated rings. The van der Waals surface area contributed by atoms with Crippen LogP contribution >= 0.6 is 0 Å². The van der Waals surface area contributed by atoms with Gasteiger partial charge in [0.15, 0.2) is 0 Å². The van der Waals surface area contributed by atoms with Gasteiger partial charge in [0.25, 0.3) is 0 Å². The predicted octanol–water partition coefficient (Wildman–Crippen LogP) is 3.07. The fourth-order valence-corrected chi connectivity index (χ4v) is 3.20. The summed E-state index contributed by atoms with van der Waals surface area (Å²) in [7, 11) is 5.61. The Morgan fingerprint density at radius 1 is 0.966 bits per heavy atom. The third kappa shape index (κ3) is 5.83. The lowest BCUT2D eigenvalue weighted by Crippen LogP contribution is -2.27. The molecule has 0 unspecified atom stereocenters. The number of methoxy groups -OCH3 is 2. The van der Waals surface area contributed by atoms with Gasteiger partial charge in [-0.25, -0.2) is 9.59 Å². The lowest BCUT2D eigenvalue weighted by atomic mass is 9.90. The minimum absolute atomic E-state index is 0.558. The first-order valence-corrected chi connectivity index (χ1v) is 9.02. The topological polar surface area (TPSA) is 96.3 Å². The number of aliphatic carboxylic acids is 2. The molecule has 3 rings (SSSR count). The quantitative estimate of drug-likeness (QED) is 0.746. The standard InChI is InChI=1S/C18H21NO2.C4H4O4/c1-19-11-10-13-8-9-17(21-3)18(15(13)12-19)14-6-4-5-7-16(14)20-2;5-3(6)1-2-4(7)8/h4-9H,10-12H2,1-3H3;1-2H,(H,5,6)(H,7,8)/b;2-1-. The third-order valence-corrected chi connectivity index (χ3v) is 4.53. The van der Waals surface area contributed by atoms with Gasteiger partial charge in [-0.15, -0.1) is 0 Å². The van der Waals surface area contributed by atoms with Crippen LogP contribution in [0.3, 0.4) is 0 Å². The maximum absolute atomic E-state index is 9.55. The van der Waals surface area contributed by atoms with Gasteiger partial charge in [-0.3, -0.25) is 0 Å². The summed E-state index contributed by atoms with van der Waals surface area (Å²) in [6.07, 6.45) is 2.20. The summed E-state index contributed by atoms with van der Waals surface area (Å²) in [6.45, 7) is 2.05. The number of nitrogens with zero attached hydrogens (tertiary/aromatic N) is 1. The molecule has 1 heterocycles. The summed E-state index contributed by atoms with van der Waals surface area (Å²) < 4.78 is 11.2. The van der Waals surface area contributed by atoms with Crippen molar-refractivity contribution in [2.45, 2.75) is 13.0 Å². The van der Waals surface area contributed by atoms with E-state index < -0.39 is 11.9 Å². The predicted molar refractivity (Wildman–Crippen MR) is 109 cm³/mol. The molecule has 2 N–H and O–H groups in total. The van der Waals surface area contributed by atoms with E-state index in [1.807, 2.05) is 18.2 Å². The summed E-state index contributed by atoms with van der Waals surface area (Å²) in [6, 6.07) is 12.4. The lowest BCUT2D eigenvalue weighted by molar-refractivity contribution is -0.134. The van der Waals surface area contributed by atoms with Gasteiger partial charge in [0.2, 0.25) is 0 Å². The van der Waals surface area contributed by atoms with Crippen molar-refractivity contribution in [2.75, 3.05) is 27.8 Å². The van der Waals surface area contributed by atoms with E-state index >= 15 is 0 Å². The molecule has 0 radical (unpaired) electrons. The molecule has 7 nitrogen and oxygen atoms in total. The van der Waals surface area contributed by atoms with Gasteiger partial charge in [0, 0.05) is 36.4 Å². The fraction of sp³-hybridized carbons (Fsp3) is 0.273. The SMILES string of the molecule is COc1ccccc1-c1c(OC)ccc2c1CN(C)CC2.O=C(O)/C=C\C(=O)O. The molecule has 2 aromatic rings. The minimum Gasteiger partial charge on any atom is -0.496 e. The summed E-state index contributed by atoms with van der Waals surface area (Å²) in [5.41, 5.74) is 5.03. The molecule has 0 saturated carbocycles. The smallest absolute Gasteiger partial charge is 0.328 e. The Labute approximate surface area is 169 Å². The van der Waals surface area contributed by atoms with Crippen molar-refractivity contribution < 1.29 is 29.3 Å². The number of carbonyl (C=O) groups is 2. The third-order valence-electron chi connectivity index (χ3n) is 4.53. The molecular formula is C22H25NO6. The van der Waals surface area contributed by atoms with Crippen molar-refractivity contribution >= 4 is 11.9 Å². The molecule has 0 aliphatic carbocycles. The first kappa shape index (κ1) is 22.0. The van der Waals surface area contributed by atoms with Crippen molar-refractivity contribution in [1.82, 2.24) is 4.90 Å². The molecule has 29 heavy (non-hydrogen) atoms. The zero-order chi connectivity index (χ0) is 21.4. The van der Waals surface area contributed by atoms with Crippen LogP contribution in [0, 0.1) is 0 Å². The molecule has 0 aromatic heterocycles. The number of carboxylic acids is 2. The van der Waals surface area contributed by atoms with Gasteiger partial charge >= 0.3 is 11.9 Å². The Bertz CT molecular complexity index is 890. The van der Waals surface area contributed by atoms with Gasteiger partial charge in [0.1, 0.15) is 11.5 Å². The maximum Gasteiger partial charge on any atom is 0.328 e. The molecule has 2 aromatic carbocycles. The number of rotatable bonds is 5. The van der Waals surface area contributed by atoms with Gasteiger partial charge in [-0.05, 0) is 36.7 Å². The molecule has 0 bridgehead atoms. The zero-order valence-electron chi connectivity index (χ0n) is 16.7. The van der Waals surface area contributed by atoms with E-state index in [0.717, 1.165) is 36.6 Å². The highest BCUT2D eigenvalue weighted by Gasteiger charge is 2.22. The fourth-order valence-electron chi connectivity index (χ4n) is 3.20. The van der Waals surface area contributed by atoms with Crippen LogP contribution in [0.2, 0.25) is 0 Å². The van der Waals surface area contributed by atoms with Crippen molar-refractivity contribution in [2.24, 2.45) is 0 Å². The molecule has 1 aliphatic rings. The highest BCUT2D eigenvalue weighted by Crippen LogP contribution is 2.41. The molecule has 0 atom stereocenters. The minimum atomic E-state index is -1.26. The first-order chi connectivity index (χ1) is 13.9. The van der Waals surface area contributed by atoms with Crippen LogP contribution in [0.4, 0.5) is 0 Å². The van der Waals surface area contributed by atoms with E-state index in [-0.39, 0.29) is 0 Å². The average Bonchev–Trinajstić information content (AvgIpc) is 2.71. The number of hydrogen-bond donors (Lipinski definition) is 2. The van der Waals surface area contributed by atoms with Crippen LogP contribution in [0.5, 0.6) is 11.5 Å². The summed E-state index contributed by atoms with van der Waals surface area (Å²) in [4.78, 5) is 21.5. The monoisotopic (exact) mass is 399 g/mol. The van der Waals surface area contributed by atoms with Crippen molar-refractivity contribution in [3.05, 3.63) is 59.7 Å². The van der Waals surface area contributed by atoms with Crippen LogP contribution in [0.15, 0.2) is 48.6 Å². The first-order valence-electron chi connectivity index (χ1n) is 9.02. The number of para-hydroxylation sites is 1. The second-order valence-corrected chi connectivity index (χ2v) is 6.48. The Hall–Kier alpha value is -3.32. The van der Waals surface area contributed by atoms with Gasteiger partial charge in [-0.1, -0.05) is 24.3 Å². The maximum atomic E-state index is 9.55. The highest BCUT2D eigenvalue weighted by atomic mass is 16.5. The van der Waals surface area contributed by atoms with Crippen molar-refractivity contribution in [3.8, 4) is 22.6 Å². The Balaban J connectivity index is 0.000000321. The van der Waals surface area contributed by atoms with Crippen molar-refractivity contribution in [3.63, 3.8) is 0 Å². The number of benzene rings is 2. The van der Waals surface area contributed by atoms with Crippen LogP contribution in [-0.2, 0) is 22.6 Å². The summed E-state index contributed by atoms with van der Waals surface area (Å²) in [5, 5.41) is 15.6. The van der Waals surface area contributed by atoms with Crippen LogP contribution in [0.1, 0.15) is 11.1 Å². The Kier molecular flexibility index (Phi) is 7.79. The molecule has 1 aliphatic heterocycles. The van der Waals surface area contributed by atoms with Gasteiger partial charge < -0.3 is 24.6 Å². The Morgan fingerprint density at radius 3 is 2.17 bits per heavy atom. The highest BCUT2D eigenvalue weighted by molar-refractivity contribution is 5.89. The molecule has 7 heteroatoms. The number of likely N-dealkylation sites (N-methyl/N-ethyl adjacent to an activating group) is 1. The molecule has 0 saturated heterocycles. The molecule has 0 spiro atoms. The Morgan fingerprint density at radius 2 is 1.59 bits per heavy atom. The van der Waals surface area contributed by atoms with E-state index in [4.69, 9.17) is 19.7 Å². The normalized spacial score (nSPS) is 13.2.